The normalized spacial score (nSPS) is 10.9. The maximum Gasteiger partial charge on any atom is 0.138 e. The largest absolute Gasteiger partial charge is 0.369 e. The highest BCUT2D eigenvalue weighted by molar-refractivity contribution is 7.16. The van der Waals surface area contributed by atoms with E-state index in [1.165, 1.54) is 0 Å². The van der Waals surface area contributed by atoms with Crippen LogP contribution < -0.4 is 5.32 Å². The van der Waals surface area contributed by atoms with E-state index in [0.29, 0.717) is 0 Å². The quantitative estimate of drug-likeness (QED) is 0.779. The molecule has 0 aliphatic heterocycles. The summed E-state index contributed by atoms with van der Waals surface area (Å²) in [5.41, 5.74) is 1.08. The lowest BCUT2D eigenvalue weighted by molar-refractivity contribution is 0.742. The fourth-order valence-corrected chi connectivity index (χ4v) is 2.57. The summed E-state index contributed by atoms with van der Waals surface area (Å²) in [6, 6.07) is 4.07. The van der Waals surface area contributed by atoms with E-state index < -0.39 is 0 Å². The van der Waals surface area contributed by atoms with Gasteiger partial charge in [0, 0.05) is 26.2 Å². The number of nitrogens with one attached hydrogen (secondary N) is 1. The van der Waals surface area contributed by atoms with Crippen LogP contribution in [0, 0.1) is 0 Å². The van der Waals surface area contributed by atoms with Crippen molar-refractivity contribution < 1.29 is 0 Å². The van der Waals surface area contributed by atoms with Crippen molar-refractivity contribution in [3.8, 4) is 0 Å². The summed E-state index contributed by atoms with van der Waals surface area (Å²) in [7, 11) is 1.93. The number of thiophene rings is 1. The maximum absolute atomic E-state index is 4.34. The summed E-state index contributed by atoms with van der Waals surface area (Å²) >= 11 is 1.63. The Labute approximate surface area is 109 Å². The van der Waals surface area contributed by atoms with E-state index in [1.807, 2.05) is 35.4 Å². The van der Waals surface area contributed by atoms with Crippen LogP contribution in [0.15, 0.2) is 30.0 Å². The van der Waals surface area contributed by atoms with Crippen LogP contribution in [0.3, 0.4) is 0 Å². The van der Waals surface area contributed by atoms with Gasteiger partial charge in [0.15, 0.2) is 0 Å². The number of hydrogen-bond acceptors (Lipinski definition) is 5. The van der Waals surface area contributed by atoms with E-state index in [9.17, 15) is 0 Å². The highest BCUT2D eigenvalue weighted by Gasteiger charge is 2.04. The molecule has 0 amide bonds. The fraction of sp³-hybridized carbons (Fsp3) is 0.250. The monoisotopic (exact) mass is 259 g/mol. The molecule has 3 aromatic rings. The molecule has 3 aromatic heterocycles. The van der Waals surface area contributed by atoms with Crippen LogP contribution in [-0.2, 0) is 13.5 Å². The molecule has 0 fully saturated rings. The van der Waals surface area contributed by atoms with Crippen LogP contribution in [0.25, 0.3) is 10.2 Å². The van der Waals surface area contributed by atoms with Gasteiger partial charge in [-0.1, -0.05) is 0 Å². The predicted molar refractivity (Wildman–Crippen MR) is 72.8 cm³/mol. The summed E-state index contributed by atoms with van der Waals surface area (Å²) in [5.74, 6) is 0.900. The van der Waals surface area contributed by atoms with Crippen LogP contribution >= 0.6 is 11.3 Å². The average molecular weight is 259 g/mol. The van der Waals surface area contributed by atoms with Gasteiger partial charge in [-0.15, -0.1) is 11.3 Å². The van der Waals surface area contributed by atoms with E-state index in [-0.39, 0.29) is 0 Å². The van der Waals surface area contributed by atoms with Crippen molar-refractivity contribution in [2.45, 2.75) is 6.42 Å². The van der Waals surface area contributed by atoms with Gasteiger partial charge in [0.05, 0.1) is 11.1 Å². The molecule has 0 spiro atoms. The standard InChI is InChI=1S/C12H13N5S/c1-17-6-3-9(16-17)2-5-13-11-10-4-7-18-12(10)15-8-14-11/h3-4,6-8H,2,5H2,1H3,(H,13,14,15). The number of aromatic nitrogens is 4. The van der Waals surface area contributed by atoms with Gasteiger partial charge in [-0.05, 0) is 17.5 Å². The molecule has 0 atom stereocenters. The number of nitrogens with zero attached hydrogens (tertiary/aromatic N) is 4. The Morgan fingerprint density at radius 2 is 2.28 bits per heavy atom. The van der Waals surface area contributed by atoms with Gasteiger partial charge in [-0.2, -0.15) is 5.10 Å². The second-order valence-corrected chi connectivity index (χ2v) is 4.91. The van der Waals surface area contributed by atoms with Gasteiger partial charge in [0.2, 0.25) is 0 Å². The summed E-state index contributed by atoms with van der Waals surface area (Å²) in [4.78, 5) is 9.52. The molecular formula is C12H13N5S. The minimum absolute atomic E-state index is 0.818. The Kier molecular flexibility index (Phi) is 2.93. The van der Waals surface area contributed by atoms with Crippen molar-refractivity contribution in [1.29, 1.82) is 0 Å². The van der Waals surface area contributed by atoms with Crippen LogP contribution in [-0.4, -0.2) is 26.3 Å². The van der Waals surface area contributed by atoms with Crippen molar-refractivity contribution in [3.63, 3.8) is 0 Å². The minimum Gasteiger partial charge on any atom is -0.369 e. The molecule has 92 valence electrons. The fourth-order valence-electron chi connectivity index (χ4n) is 1.84. The van der Waals surface area contributed by atoms with Gasteiger partial charge in [0.1, 0.15) is 17.0 Å². The third-order valence-corrected chi connectivity index (χ3v) is 3.52. The molecule has 6 heteroatoms. The summed E-state index contributed by atoms with van der Waals surface area (Å²) < 4.78 is 1.82. The van der Waals surface area contributed by atoms with Gasteiger partial charge in [-0.25, -0.2) is 9.97 Å². The molecule has 0 unspecified atom stereocenters. The SMILES string of the molecule is Cn1ccc(CCNc2ncnc3sccc23)n1. The number of aryl methyl sites for hydroxylation is 1. The van der Waals surface area contributed by atoms with Crippen molar-refractivity contribution in [1.82, 2.24) is 19.7 Å². The predicted octanol–water partition coefficient (Wildman–Crippen LogP) is 2.08. The molecule has 0 saturated carbocycles. The van der Waals surface area contributed by atoms with Crippen LogP contribution in [0.5, 0.6) is 0 Å². The van der Waals surface area contributed by atoms with E-state index in [2.05, 4.69) is 20.4 Å². The highest BCUT2D eigenvalue weighted by Crippen LogP contribution is 2.23. The average Bonchev–Trinajstić information content (AvgIpc) is 2.98. The van der Waals surface area contributed by atoms with Gasteiger partial charge in [0.25, 0.3) is 0 Å². The summed E-state index contributed by atoms with van der Waals surface area (Å²) in [6.07, 6.45) is 4.44. The topological polar surface area (TPSA) is 55.6 Å². The zero-order chi connectivity index (χ0) is 12.4. The molecule has 3 rings (SSSR count). The highest BCUT2D eigenvalue weighted by atomic mass is 32.1. The van der Waals surface area contributed by atoms with Crippen molar-refractivity contribution >= 4 is 27.4 Å². The third-order valence-electron chi connectivity index (χ3n) is 2.70. The molecule has 0 saturated heterocycles. The first-order valence-corrected chi connectivity index (χ1v) is 6.61. The summed E-state index contributed by atoms with van der Waals surface area (Å²) in [6.45, 7) is 0.818. The van der Waals surface area contributed by atoms with Crippen LogP contribution in [0.1, 0.15) is 5.69 Å². The number of hydrogen-bond donors (Lipinski definition) is 1. The lowest BCUT2D eigenvalue weighted by Gasteiger charge is -2.04. The molecule has 0 aliphatic rings. The lowest BCUT2D eigenvalue weighted by atomic mass is 10.3. The second kappa shape index (κ2) is 4.73. The van der Waals surface area contributed by atoms with Crippen molar-refractivity contribution in [2.24, 2.45) is 7.05 Å². The molecule has 5 nitrogen and oxygen atoms in total. The Bertz CT molecular complexity index is 657. The molecule has 0 radical (unpaired) electrons. The van der Waals surface area contributed by atoms with Crippen molar-refractivity contribution in [2.75, 3.05) is 11.9 Å². The Morgan fingerprint density at radius 3 is 3.11 bits per heavy atom. The minimum atomic E-state index is 0.818. The smallest absolute Gasteiger partial charge is 0.138 e. The second-order valence-electron chi connectivity index (χ2n) is 4.02. The Morgan fingerprint density at radius 1 is 1.33 bits per heavy atom. The number of anilines is 1. The molecule has 0 bridgehead atoms. The lowest BCUT2D eigenvalue weighted by Crippen LogP contribution is -2.07. The van der Waals surface area contributed by atoms with E-state index in [4.69, 9.17) is 0 Å². The van der Waals surface area contributed by atoms with Gasteiger partial charge >= 0.3 is 0 Å². The molecule has 1 N–H and O–H groups in total. The van der Waals surface area contributed by atoms with E-state index >= 15 is 0 Å². The molecule has 18 heavy (non-hydrogen) atoms. The Hall–Kier alpha value is -1.95. The molecule has 0 aromatic carbocycles. The zero-order valence-corrected chi connectivity index (χ0v) is 10.8. The molecule has 3 heterocycles. The zero-order valence-electron chi connectivity index (χ0n) is 10.00. The first kappa shape index (κ1) is 11.2. The molecular weight excluding hydrogens is 246 g/mol. The van der Waals surface area contributed by atoms with E-state index in [0.717, 1.165) is 34.7 Å². The summed E-state index contributed by atoms with van der Waals surface area (Å²) in [5, 5.41) is 10.8. The van der Waals surface area contributed by atoms with Crippen LogP contribution in [0.2, 0.25) is 0 Å². The third kappa shape index (κ3) is 2.19. The Balaban J connectivity index is 1.68. The van der Waals surface area contributed by atoms with Crippen molar-refractivity contribution in [3.05, 3.63) is 35.7 Å². The molecule has 0 aliphatic carbocycles. The number of rotatable bonds is 4. The number of fused-ring (bicyclic) bond motifs is 1. The van der Waals surface area contributed by atoms with Crippen LogP contribution in [0.4, 0.5) is 5.82 Å². The van der Waals surface area contributed by atoms with Gasteiger partial charge in [-0.3, -0.25) is 4.68 Å². The van der Waals surface area contributed by atoms with E-state index in [1.54, 1.807) is 17.7 Å². The first-order chi connectivity index (χ1) is 8.83. The first-order valence-electron chi connectivity index (χ1n) is 5.73. The maximum atomic E-state index is 4.34. The van der Waals surface area contributed by atoms with Gasteiger partial charge < -0.3 is 5.32 Å².